The summed E-state index contributed by atoms with van der Waals surface area (Å²) >= 11 is 12.0. The molecule has 0 aliphatic rings. The zero-order valence-electron chi connectivity index (χ0n) is 11.0. The van der Waals surface area contributed by atoms with Crippen LogP contribution in [0.3, 0.4) is 0 Å². The van der Waals surface area contributed by atoms with Crippen molar-refractivity contribution in [2.75, 3.05) is 0 Å². The zero-order chi connectivity index (χ0) is 14.5. The first-order chi connectivity index (χ1) is 9.54. The van der Waals surface area contributed by atoms with Gasteiger partial charge in [-0.15, -0.1) is 0 Å². The molecule has 104 valence electrons. The molecule has 0 heterocycles. The van der Waals surface area contributed by atoms with Gasteiger partial charge in [-0.05, 0) is 42.8 Å². The Labute approximate surface area is 128 Å². The van der Waals surface area contributed by atoms with Gasteiger partial charge in [0.25, 0.3) is 0 Å². The molecule has 0 fully saturated rings. The highest BCUT2D eigenvalue weighted by Crippen LogP contribution is 2.22. The number of ketones is 1. The minimum Gasteiger partial charge on any atom is -0.489 e. The van der Waals surface area contributed by atoms with Crippen LogP contribution in [-0.2, 0) is 17.8 Å². The second kappa shape index (κ2) is 6.78. The van der Waals surface area contributed by atoms with Gasteiger partial charge in [-0.3, -0.25) is 4.79 Å². The molecule has 0 aromatic heterocycles. The molecule has 0 atom stereocenters. The van der Waals surface area contributed by atoms with Crippen molar-refractivity contribution in [3.8, 4) is 5.75 Å². The van der Waals surface area contributed by atoms with Crippen LogP contribution in [0.25, 0.3) is 0 Å². The smallest absolute Gasteiger partial charge is 0.134 e. The van der Waals surface area contributed by atoms with E-state index in [0.29, 0.717) is 23.1 Å². The van der Waals surface area contributed by atoms with E-state index in [1.807, 2.05) is 24.3 Å². The molecule has 2 aromatic rings. The number of halogens is 2. The van der Waals surface area contributed by atoms with E-state index in [9.17, 15) is 4.79 Å². The minimum absolute atomic E-state index is 0.143. The van der Waals surface area contributed by atoms with Crippen molar-refractivity contribution in [3.05, 3.63) is 63.6 Å². The topological polar surface area (TPSA) is 26.3 Å². The highest BCUT2D eigenvalue weighted by atomic mass is 35.5. The molecular formula is C16H14Cl2O2. The van der Waals surface area contributed by atoms with Crippen molar-refractivity contribution in [2.24, 2.45) is 0 Å². The van der Waals surface area contributed by atoms with Gasteiger partial charge < -0.3 is 4.74 Å². The van der Waals surface area contributed by atoms with Gasteiger partial charge in [-0.2, -0.15) is 0 Å². The van der Waals surface area contributed by atoms with E-state index in [-0.39, 0.29) is 5.78 Å². The maximum absolute atomic E-state index is 11.0. The third-order valence-electron chi connectivity index (χ3n) is 2.78. The van der Waals surface area contributed by atoms with E-state index >= 15 is 0 Å². The number of carbonyl (C=O) groups is 1. The summed E-state index contributed by atoms with van der Waals surface area (Å²) in [4.78, 5) is 11.0. The molecule has 0 N–H and O–H groups in total. The first-order valence-corrected chi connectivity index (χ1v) is 6.95. The highest BCUT2D eigenvalue weighted by Gasteiger charge is 2.03. The third kappa shape index (κ3) is 4.26. The number of benzene rings is 2. The van der Waals surface area contributed by atoms with Crippen LogP contribution < -0.4 is 4.74 Å². The fourth-order valence-corrected chi connectivity index (χ4v) is 2.17. The largest absolute Gasteiger partial charge is 0.489 e. The van der Waals surface area contributed by atoms with Crippen LogP contribution in [0.15, 0.2) is 42.5 Å². The molecule has 2 aromatic carbocycles. The van der Waals surface area contributed by atoms with Gasteiger partial charge in [-0.25, -0.2) is 0 Å². The molecule has 0 spiro atoms. The van der Waals surface area contributed by atoms with Gasteiger partial charge >= 0.3 is 0 Å². The predicted molar refractivity (Wildman–Crippen MR) is 81.6 cm³/mol. The van der Waals surface area contributed by atoms with E-state index < -0.39 is 0 Å². The van der Waals surface area contributed by atoms with Crippen molar-refractivity contribution in [2.45, 2.75) is 20.0 Å². The Morgan fingerprint density at radius 3 is 2.45 bits per heavy atom. The Morgan fingerprint density at radius 2 is 1.80 bits per heavy atom. The quantitative estimate of drug-likeness (QED) is 0.800. The molecule has 20 heavy (non-hydrogen) atoms. The average molecular weight is 309 g/mol. The highest BCUT2D eigenvalue weighted by molar-refractivity contribution is 6.33. The number of hydrogen-bond acceptors (Lipinski definition) is 2. The summed E-state index contributed by atoms with van der Waals surface area (Å²) in [6.45, 7) is 1.93. The molecule has 0 unspecified atom stereocenters. The van der Waals surface area contributed by atoms with Crippen LogP contribution in [0.1, 0.15) is 18.1 Å². The van der Waals surface area contributed by atoms with Crippen LogP contribution in [0.5, 0.6) is 5.75 Å². The lowest BCUT2D eigenvalue weighted by Gasteiger charge is -2.09. The summed E-state index contributed by atoms with van der Waals surface area (Å²) in [7, 11) is 0. The summed E-state index contributed by atoms with van der Waals surface area (Å²) in [5.74, 6) is 0.873. The third-order valence-corrected chi connectivity index (χ3v) is 3.38. The Bertz CT molecular complexity index is 606. The van der Waals surface area contributed by atoms with E-state index in [4.69, 9.17) is 27.9 Å². The van der Waals surface area contributed by atoms with Crippen molar-refractivity contribution in [1.82, 2.24) is 0 Å². The van der Waals surface area contributed by atoms with Gasteiger partial charge in [-0.1, -0.05) is 35.3 Å². The number of hydrogen-bond donors (Lipinski definition) is 0. The maximum Gasteiger partial charge on any atom is 0.134 e. The van der Waals surface area contributed by atoms with Crippen LogP contribution >= 0.6 is 23.2 Å². The number of ether oxygens (including phenoxy) is 1. The first-order valence-electron chi connectivity index (χ1n) is 6.19. The maximum atomic E-state index is 11.0. The Morgan fingerprint density at radius 1 is 1.10 bits per heavy atom. The number of rotatable bonds is 5. The van der Waals surface area contributed by atoms with E-state index in [2.05, 4.69) is 0 Å². The van der Waals surface area contributed by atoms with Gasteiger partial charge in [0.2, 0.25) is 0 Å². The molecule has 0 radical (unpaired) electrons. The van der Waals surface area contributed by atoms with Crippen molar-refractivity contribution in [1.29, 1.82) is 0 Å². The van der Waals surface area contributed by atoms with Crippen molar-refractivity contribution >= 4 is 29.0 Å². The molecule has 0 aliphatic heterocycles. The van der Waals surface area contributed by atoms with Crippen molar-refractivity contribution < 1.29 is 9.53 Å². The second-order valence-corrected chi connectivity index (χ2v) is 5.39. The first kappa shape index (κ1) is 14.9. The molecule has 4 heteroatoms. The lowest BCUT2D eigenvalue weighted by atomic mass is 10.1. The minimum atomic E-state index is 0.143. The van der Waals surface area contributed by atoms with Gasteiger partial charge in [0.05, 0.1) is 0 Å². The summed E-state index contributed by atoms with van der Waals surface area (Å²) < 4.78 is 5.66. The van der Waals surface area contributed by atoms with Crippen LogP contribution in [0.4, 0.5) is 0 Å². The van der Waals surface area contributed by atoms with Crippen molar-refractivity contribution in [3.63, 3.8) is 0 Å². The normalized spacial score (nSPS) is 10.3. The Kier molecular flexibility index (Phi) is 5.05. The van der Waals surface area contributed by atoms with Crippen LogP contribution in [-0.4, -0.2) is 5.78 Å². The molecular weight excluding hydrogens is 295 g/mol. The lowest BCUT2D eigenvalue weighted by molar-refractivity contribution is -0.116. The van der Waals surface area contributed by atoms with Crippen LogP contribution in [0.2, 0.25) is 10.0 Å². The van der Waals surface area contributed by atoms with E-state index in [1.165, 1.54) is 0 Å². The summed E-state index contributed by atoms with van der Waals surface area (Å²) in [6.07, 6.45) is 0.445. The summed E-state index contributed by atoms with van der Waals surface area (Å²) in [6, 6.07) is 12.7. The van der Waals surface area contributed by atoms with Gasteiger partial charge in [0.15, 0.2) is 0 Å². The predicted octanol–water partition coefficient (Wildman–Crippen LogP) is 4.70. The molecule has 0 bridgehead atoms. The molecule has 0 saturated heterocycles. The fourth-order valence-electron chi connectivity index (χ4n) is 1.81. The van der Waals surface area contributed by atoms with E-state index in [0.717, 1.165) is 16.9 Å². The monoisotopic (exact) mass is 308 g/mol. The average Bonchev–Trinajstić information content (AvgIpc) is 2.41. The lowest BCUT2D eigenvalue weighted by Crippen LogP contribution is -1.98. The molecule has 0 aliphatic carbocycles. The Hall–Kier alpha value is -1.51. The van der Waals surface area contributed by atoms with Gasteiger partial charge in [0, 0.05) is 22.0 Å². The van der Waals surface area contributed by atoms with E-state index in [1.54, 1.807) is 25.1 Å². The van der Waals surface area contributed by atoms with Crippen LogP contribution in [0, 0.1) is 0 Å². The second-order valence-electron chi connectivity index (χ2n) is 4.55. The summed E-state index contributed by atoms with van der Waals surface area (Å²) in [5.41, 5.74) is 1.82. The van der Waals surface area contributed by atoms with Gasteiger partial charge in [0.1, 0.15) is 18.1 Å². The zero-order valence-corrected chi connectivity index (χ0v) is 12.5. The molecule has 2 rings (SSSR count). The summed E-state index contributed by atoms with van der Waals surface area (Å²) in [5, 5.41) is 1.26. The fraction of sp³-hybridized carbons (Fsp3) is 0.188. The Balaban J connectivity index is 2.00. The number of carbonyl (C=O) groups excluding carboxylic acids is 1. The standard InChI is InChI=1S/C16H14Cl2O2/c1-11(19)8-12-2-5-15(6-3-12)20-10-13-9-14(17)4-7-16(13)18/h2-7,9H,8,10H2,1H3. The SMILES string of the molecule is CC(=O)Cc1ccc(OCc2cc(Cl)ccc2Cl)cc1. The molecule has 2 nitrogen and oxygen atoms in total. The number of Topliss-reactive ketones (excluding diaryl/α,β-unsaturated/α-hetero) is 1. The molecule has 0 amide bonds. The molecule has 0 saturated carbocycles.